The van der Waals surface area contributed by atoms with E-state index in [9.17, 15) is 13.2 Å². The zero-order valence-corrected chi connectivity index (χ0v) is 15.7. The van der Waals surface area contributed by atoms with E-state index in [0.29, 0.717) is 32.8 Å². The number of hydrogen-bond acceptors (Lipinski definition) is 5. The van der Waals surface area contributed by atoms with Gasteiger partial charge in [-0.3, -0.25) is 4.79 Å². The molecule has 1 aliphatic rings. The summed E-state index contributed by atoms with van der Waals surface area (Å²) in [7, 11) is -3.49. The van der Waals surface area contributed by atoms with E-state index in [1.807, 2.05) is 30.3 Å². The van der Waals surface area contributed by atoms with Crippen molar-refractivity contribution in [3.05, 3.63) is 60.2 Å². The molecular weight excluding hydrogens is 366 g/mol. The van der Waals surface area contributed by atoms with Crippen LogP contribution in [0.3, 0.4) is 0 Å². The van der Waals surface area contributed by atoms with E-state index in [1.165, 1.54) is 4.31 Å². The third kappa shape index (κ3) is 5.29. The minimum atomic E-state index is -3.49. The number of rotatable bonds is 7. The molecule has 1 saturated heterocycles. The molecule has 2 N–H and O–H groups in total. The van der Waals surface area contributed by atoms with Crippen molar-refractivity contribution < 1.29 is 17.9 Å². The predicted molar refractivity (Wildman–Crippen MR) is 103 cm³/mol. The molecule has 0 atom stereocenters. The van der Waals surface area contributed by atoms with Gasteiger partial charge in [0.2, 0.25) is 15.9 Å². The molecule has 2 aromatic carbocycles. The summed E-state index contributed by atoms with van der Waals surface area (Å²) in [5, 5.41) is 5.85. The molecule has 144 valence electrons. The number of carbonyl (C=O) groups is 1. The monoisotopic (exact) mass is 389 g/mol. The topological polar surface area (TPSA) is 87.7 Å². The first-order chi connectivity index (χ1) is 13.1. The minimum Gasteiger partial charge on any atom is -0.379 e. The summed E-state index contributed by atoms with van der Waals surface area (Å²) in [6, 6.07) is 16.1. The second-order valence-corrected chi connectivity index (χ2v) is 8.09. The van der Waals surface area contributed by atoms with Crippen LogP contribution in [0.1, 0.15) is 5.56 Å². The SMILES string of the molecule is O=C(CNc1ccccc1)NCc1ccc(S(=O)(=O)N2CCOCC2)cc1. The number of sulfonamides is 1. The van der Waals surface area contributed by atoms with Gasteiger partial charge >= 0.3 is 0 Å². The van der Waals surface area contributed by atoms with Gasteiger partial charge < -0.3 is 15.4 Å². The molecule has 3 rings (SSSR count). The summed E-state index contributed by atoms with van der Waals surface area (Å²) < 4.78 is 31.8. The Kier molecular flexibility index (Phi) is 6.44. The van der Waals surface area contributed by atoms with Crippen molar-refractivity contribution in [2.75, 3.05) is 38.2 Å². The highest BCUT2D eigenvalue weighted by Gasteiger charge is 2.26. The number of nitrogens with zero attached hydrogens (tertiary/aromatic N) is 1. The van der Waals surface area contributed by atoms with Gasteiger partial charge in [0.25, 0.3) is 0 Å². The number of ether oxygens (including phenoxy) is 1. The number of benzene rings is 2. The Bertz CT molecular complexity index is 848. The van der Waals surface area contributed by atoms with E-state index >= 15 is 0 Å². The van der Waals surface area contributed by atoms with Gasteiger partial charge in [-0.15, -0.1) is 0 Å². The highest BCUT2D eigenvalue weighted by Crippen LogP contribution is 2.17. The van der Waals surface area contributed by atoms with E-state index in [4.69, 9.17) is 4.74 Å². The van der Waals surface area contributed by atoms with Crippen molar-refractivity contribution in [3.8, 4) is 0 Å². The van der Waals surface area contributed by atoms with Gasteiger partial charge in [-0.05, 0) is 29.8 Å². The fourth-order valence-electron chi connectivity index (χ4n) is 2.72. The second-order valence-electron chi connectivity index (χ2n) is 6.16. The molecule has 0 aliphatic carbocycles. The van der Waals surface area contributed by atoms with Gasteiger partial charge in [-0.25, -0.2) is 8.42 Å². The zero-order valence-electron chi connectivity index (χ0n) is 14.9. The first kappa shape index (κ1) is 19.3. The number of anilines is 1. The largest absolute Gasteiger partial charge is 0.379 e. The maximum atomic E-state index is 12.6. The molecular formula is C19H23N3O4S. The molecule has 0 radical (unpaired) electrons. The standard InChI is InChI=1S/C19H23N3O4S/c23-19(15-20-17-4-2-1-3-5-17)21-14-16-6-8-18(9-7-16)27(24,25)22-10-12-26-13-11-22/h1-9,20H,10-15H2,(H,21,23). The van der Waals surface area contributed by atoms with Gasteiger partial charge in [-0.2, -0.15) is 4.31 Å². The molecule has 0 saturated carbocycles. The Morgan fingerprint density at radius 3 is 2.33 bits per heavy atom. The van der Waals surface area contributed by atoms with Crippen LogP contribution in [0.4, 0.5) is 5.69 Å². The maximum Gasteiger partial charge on any atom is 0.243 e. The summed E-state index contributed by atoms with van der Waals surface area (Å²) in [5.41, 5.74) is 1.72. The van der Waals surface area contributed by atoms with Gasteiger partial charge in [-0.1, -0.05) is 30.3 Å². The van der Waals surface area contributed by atoms with Crippen molar-refractivity contribution in [2.45, 2.75) is 11.4 Å². The molecule has 1 heterocycles. The van der Waals surface area contributed by atoms with Crippen LogP contribution in [0.25, 0.3) is 0 Å². The Morgan fingerprint density at radius 2 is 1.67 bits per heavy atom. The fourth-order valence-corrected chi connectivity index (χ4v) is 4.12. The van der Waals surface area contributed by atoms with Crippen LogP contribution < -0.4 is 10.6 Å². The van der Waals surface area contributed by atoms with E-state index in [1.54, 1.807) is 24.3 Å². The summed E-state index contributed by atoms with van der Waals surface area (Å²) in [5.74, 6) is -0.135. The number of morpholine rings is 1. The lowest BCUT2D eigenvalue weighted by Crippen LogP contribution is -2.40. The number of hydrogen-bond donors (Lipinski definition) is 2. The number of amides is 1. The first-order valence-electron chi connectivity index (χ1n) is 8.78. The molecule has 8 heteroatoms. The summed E-state index contributed by atoms with van der Waals surface area (Å²) in [4.78, 5) is 12.2. The summed E-state index contributed by atoms with van der Waals surface area (Å²) >= 11 is 0. The molecule has 1 aliphatic heterocycles. The number of carbonyl (C=O) groups excluding carboxylic acids is 1. The predicted octanol–water partition coefficient (Wildman–Crippen LogP) is 1.44. The average Bonchev–Trinajstić information content (AvgIpc) is 2.72. The van der Waals surface area contributed by atoms with Crippen molar-refractivity contribution in [2.24, 2.45) is 0 Å². The van der Waals surface area contributed by atoms with Gasteiger partial charge in [0, 0.05) is 25.3 Å². The number of para-hydroxylation sites is 1. The maximum absolute atomic E-state index is 12.6. The lowest BCUT2D eigenvalue weighted by molar-refractivity contribution is -0.119. The van der Waals surface area contributed by atoms with Crippen LogP contribution in [0, 0.1) is 0 Å². The molecule has 0 aromatic heterocycles. The Hall–Kier alpha value is -2.42. The van der Waals surface area contributed by atoms with Gasteiger partial charge in [0.15, 0.2) is 0 Å². The van der Waals surface area contributed by atoms with Crippen LogP contribution >= 0.6 is 0 Å². The van der Waals surface area contributed by atoms with Crippen LogP contribution in [0.15, 0.2) is 59.5 Å². The molecule has 0 spiro atoms. The first-order valence-corrected chi connectivity index (χ1v) is 10.2. The quantitative estimate of drug-likeness (QED) is 0.748. The van der Waals surface area contributed by atoms with Crippen molar-refractivity contribution in [1.82, 2.24) is 9.62 Å². The van der Waals surface area contributed by atoms with Crippen LogP contribution in [-0.2, 0) is 26.1 Å². The smallest absolute Gasteiger partial charge is 0.243 e. The average molecular weight is 389 g/mol. The highest BCUT2D eigenvalue weighted by atomic mass is 32.2. The van der Waals surface area contributed by atoms with Crippen LogP contribution in [-0.4, -0.2) is 51.5 Å². The molecule has 27 heavy (non-hydrogen) atoms. The zero-order chi connectivity index (χ0) is 19.1. The van der Waals surface area contributed by atoms with Gasteiger partial charge in [0.05, 0.1) is 24.7 Å². The minimum absolute atomic E-state index is 0.135. The van der Waals surface area contributed by atoms with E-state index in [2.05, 4.69) is 10.6 Å². The lowest BCUT2D eigenvalue weighted by Gasteiger charge is -2.26. The molecule has 0 bridgehead atoms. The fraction of sp³-hybridized carbons (Fsp3) is 0.316. The van der Waals surface area contributed by atoms with Crippen molar-refractivity contribution in [3.63, 3.8) is 0 Å². The van der Waals surface area contributed by atoms with E-state index in [-0.39, 0.29) is 17.3 Å². The third-order valence-corrected chi connectivity index (χ3v) is 6.16. The Balaban J connectivity index is 1.50. The Morgan fingerprint density at radius 1 is 1.00 bits per heavy atom. The molecule has 0 unspecified atom stereocenters. The van der Waals surface area contributed by atoms with E-state index in [0.717, 1.165) is 11.3 Å². The molecule has 7 nitrogen and oxygen atoms in total. The summed E-state index contributed by atoms with van der Waals surface area (Å²) in [6.07, 6.45) is 0. The second kappa shape index (κ2) is 8.98. The van der Waals surface area contributed by atoms with Gasteiger partial charge in [0.1, 0.15) is 0 Å². The molecule has 1 fully saturated rings. The molecule has 1 amide bonds. The lowest BCUT2D eigenvalue weighted by atomic mass is 10.2. The normalized spacial score (nSPS) is 15.3. The highest BCUT2D eigenvalue weighted by molar-refractivity contribution is 7.89. The molecule has 2 aromatic rings. The van der Waals surface area contributed by atoms with Crippen molar-refractivity contribution in [1.29, 1.82) is 0 Å². The van der Waals surface area contributed by atoms with Crippen LogP contribution in [0.2, 0.25) is 0 Å². The van der Waals surface area contributed by atoms with Crippen LogP contribution in [0.5, 0.6) is 0 Å². The third-order valence-electron chi connectivity index (χ3n) is 4.25. The number of nitrogens with one attached hydrogen (secondary N) is 2. The van der Waals surface area contributed by atoms with Crippen molar-refractivity contribution >= 4 is 21.6 Å². The van der Waals surface area contributed by atoms with E-state index < -0.39 is 10.0 Å². The summed E-state index contributed by atoms with van der Waals surface area (Å²) in [6.45, 7) is 2.09. The Labute approximate surface area is 159 Å².